The van der Waals surface area contributed by atoms with Crippen LogP contribution in [0.15, 0.2) is 24.3 Å². The summed E-state index contributed by atoms with van der Waals surface area (Å²) in [5.41, 5.74) is 0.680. The Morgan fingerprint density at radius 1 is 1.28 bits per heavy atom. The number of hydrogen-bond donors (Lipinski definition) is 2. The van der Waals surface area contributed by atoms with Gasteiger partial charge >= 0.3 is 5.97 Å². The van der Waals surface area contributed by atoms with E-state index in [0.29, 0.717) is 23.0 Å². The number of likely N-dealkylation sites (tertiary alicyclic amines) is 1. The second-order valence-corrected chi connectivity index (χ2v) is 7.29. The molecule has 7 heteroatoms. The molecular formula is C18H21ClN2O4. The van der Waals surface area contributed by atoms with Gasteiger partial charge in [-0.3, -0.25) is 14.4 Å². The average Bonchev–Trinajstić information content (AvgIpc) is 3.29. The molecular weight excluding hydrogens is 344 g/mol. The number of carboxylic acids is 1. The zero-order valence-electron chi connectivity index (χ0n) is 13.8. The second-order valence-electron chi connectivity index (χ2n) is 6.85. The molecule has 2 atom stereocenters. The molecule has 2 N–H and O–H groups in total. The Morgan fingerprint density at radius 2 is 1.96 bits per heavy atom. The van der Waals surface area contributed by atoms with E-state index in [4.69, 9.17) is 16.7 Å². The lowest BCUT2D eigenvalue weighted by Crippen LogP contribution is -2.36. The summed E-state index contributed by atoms with van der Waals surface area (Å²) in [6, 6.07) is 6.09. The highest BCUT2D eigenvalue weighted by molar-refractivity contribution is 6.30. The maximum Gasteiger partial charge on any atom is 0.305 e. The number of rotatable bonds is 7. The van der Waals surface area contributed by atoms with Gasteiger partial charge in [0.2, 0.25) is 11.8 Å². The molecule has 1 aromatic carbocycles. The Labute approximate surface area is 151 Å². The van der Waals surface area contributed by atoms with E-state index in [1.165, 1.54) is 0 Å². The van der Waals surface area contributed by atoms with Crippen molar-refractivity contribution in [2.75, 3.05) is 13.1 Å². The van der Waals surface area contributed by atoms with E-state index in [2.05, 4.69) is 5.32 Å². The summed E-state index contributed by atoms with van der Waals surface area (Å²) in [5, 5.41) is 12.5. The van der Waals surface area contributed by atoms with Crippen molar-refractivity contribution in [3.8, 4) is 0 Å². The van der Waals surface area contributed by atoms with E-state index >= 15 is 0 Å². The molecule has 0 bridgehead atoms. The second kappa shape index (κ2) is 7.44. The van der Waals surface area contributed by atoms with Crippen LogP contribution in [0.5, 0.6) is 0 Å². The first-order chi connectivity index (χ1) is 11.9. The van der Waals surface area contributed by atoms with E-state index in [-0.39, 0.29) is 24.7 Å². The lowest BCUT2D eigenvalue weighted by Gasteiger charge is -2.20. The first-order valence-electron chi connectivity index (χ1n) is 8.48. The van der Waals surface area contributed by atoms with Gasteiger partial charge in [-0.15, -0.1) is 0 Å². The molecule has 2 fully saturated rings. The number of carbonyl (C=O) groups is 3. The Hall–Kier alpha value is -2.08. The summed E-state index contributed by atoms with van der Waals surface area (Å²) in [7, 11) is 0. The quantitative estimate of drug-likeness (QED) is 0.776. The summed E-state index contributed by atoms with van der Waals surface area (Å²) in [5.74, 6) is -1.10. The van der Waals surface area contributed by atoms with Gasteiger partial charge < -0.3 is 15.3 Å². The van der Waals surface area contributed by atoms with Crippen molar-refractivity contribution in [2.45, 2.75) is 31.7 Å². The Bertz CT molecular complexity index is 672. The normalized spacial score (nSPS) is 21.2. The van der Waals surface area contributed by atoms with E-state index in [1.54, 1.807) is 29.2 Å². The molecule has 0 aromatic heterocycles. The lowest BCUT2D eigenvalue weighted by atomic mass is 10.0. The predicted molar refractivity (Wildman–Crippen MR) is 92.0 cm³/mol. The fourth-order valence-electron chi connectivity index (χ4n) is 3.15. The number of amides is 2. The number of nitrogens with zero attached hydrogens (tertiary/aromatic N) is 1. The van der Waals surface area contributed by atoms with E-state index in [9.17, 15) is 14.4 Å². The van der Waals surface area contributed by atoms with Crippen LogP contribution in [0.1, 0.15) is 37.3 Å². The van der Waals surface area contributed by atoms with E-state index in [0.717, 1.165) is 19.4 Å². The van der Waals surface area contributed by atoms with Crippen LogP contribution in [0, 0.1) is 11.8 Å². The van der Waals surface area contributed by atoms with Gasteiger partial charge in [0.25, 0.3) is 0 Å². The minimum atomic E-state index is -1.00. The standard InChI is InChI=1S/C18H21ClN2O4/c19-14-5-3-12(4-6-14)15(8-17(23)24)20-18(25)13-7-16(22)21(10-13)9-11-1-2-11/h3-6,11,13,15H,1-2,7-10H2,(H,20,25)(H,23,24)/t13-,15-/m0/s1. The van der Waals surface area contributed by atoms with Crippen molar-refractivity contribution >= 4 is 29.4 Å². The van der Waals surface area contributed by atoms with Gasteiger partial charge in [0, 0.05) is 24.5 Å². The smallest absolute Gasteiger partial charge is 0.305 e. The Balaban J connectivity index is 1.64. The largest absolute Gasteiger partial charge is 0.481 e. The van der Waals surface area contributed by atoms with Gasteiger partial charge in [0.1, 0.15) is 0 Å². The molecule has 0 radical (unpaired) electrons. The number of nitrogens with one attached hydrogen (secondary N) is 1. The third-order valence-electron chi connectivity index (χ3n) is 4.73. The van der Waals surface area contributed by atoms with Crippen LogP contribution >= 0.6 is 11.6 Å². The molecule has 1 aliphatic heterocycles. The van der Waals surface area contributed by atoms with Crippen LogP contribution in [0.2, 0.25) is 5.02 Å². The van der Waals surface area contributed by atoms with Crippen LogP contribution in [-0.4, -0.2) is 40.9 Å². The summed E-state index contributed by atoms with van der Waals surface area (Å²) in [6.07, 6.45) is 2.27. The molecule has 1 aromatic rings. The van der Waals surface area contributed by atoms with E-state index < -0.39 is 17.9 Å². The maximum atomic E-state index is 12.6. The van der Waals surface area contributed by atoms with Gasteiger partial charge in [-0.2, -0.15) is 0 Å². The van der Waals surface area contributed by atoms with Gasteiger partial charge in [0.15, 0.2) is 0 Å². The van der Waals surface area contributed by atoms with E-state index in [1.807, 2.05) is 0 Å². The molecule has 1 heterocycles. The third-order valence-corrected chi connectivity index (χ3v) is 4.98. The van der Waals surface area contributed by atoms with Gasteiger partial charge in [0.05, 0.1) is 18.4 Å². The highest BCUT2D eigenvalue weighted by Gasteiger charge is 2.37. The summed E-state index contributed by atoms with van der Waals surface area (Å²) in [4.78, 5) is 37.5. The maximum absolute atomic E-state index is 12.6. The molecule has 134 valence electrons. The summed E-state index contributed by atoms with van der Waals surface area (Å²) in [6.45, 7) is 1.15. The van der Waals surface area contributed by atoms with Crippen molar-refractivity contribution in [2.24, 2.45) is 11.8 Å². The molecule has 1 saturated carbocycles. The van der Waals surface area contributed by atoms with Crippen molar-refractivity contribution in [1.82, 2.24) is 10.2 Å². The summed E-state index contributed by atoms with van der Waals surface area (Å²) < 4.78 is 0. The number of carboxylic acid groups (broad SMARTS) is 1. The first kappa shape index (κ1) is 17.7. The number of halogens is 1. The molecule has 0 unspecified atom stereocenters. The Kier molecular flexibility index (Phi) is 5.27. The highest BCUT2D eigenvalue weighted by Crippen LogP contribution is 2.32. The number of benzene rings is 1. The van der Waals surface area contributed by atoms with Crippen molar-refractivity contribution < 1.29 is 19.5 Å². The molecule has 2 aliphatic rings. The van der Waals surface area contributed by atoms with Crippen LogP contribution in [0.25, 0.3) is 0 Å². The minimum Gasteiger partial charge on any atom is -0.481 e. The van der Waals surface area contributed by atoms with Crippen molar-refractivity contribution in [1.29, 1.82) is 0 Å². The fraction of sp³-hybridized carbons (Fsp3) is 0.500. The molecule has 1 saturated heterocycles. The molecule has 3 rings (SSSR count). The average molecular weight is 365 g/mol. The van der Waals surface area contributed by atoms with Crippen LogP contribution < -0.4 is 5.32 Å². The predicted octanol–water partition coefficient (Wildman–Crippen LogP) is 2.23. The first-order valence-corrected chi connectivity index (χ1v) is 8.85. The minimum absolute atomic E-state index is 0.00771. The van der Waals surface area contributed by atoms with Gasteiger partial charge in [-0.25, -0.2) is 0 Å². The molecule has 25 heavy (non-hydrogen) atoms. The number of aliphatic carboxylic acids is 1. The number of carbonyl (C=O) groups excluding carboxylic acids is 2. The van der Waals surface area contributed by atoms with Crippen LogP contribution in [-0.2, 0) is 14.4 Å². The zero-order chi connectivity index (χ0) is 18.0. The van der Waals surface area contributed by atoms with Crippen molar-refractivity contribution in [3.63, 3.8) is 0 Å². The Morgan fingerprint density at radius 3 is 2.56 bits per heavy atom. The van der Waals surface area contributed by atoms with Gasteiger partial charge in [-0.05, 0) is 36.5 Å². The summed E-state index contributed by atoms with van der Waals surface area (Å²) >= 11 is 5.86. The third kappa shape index (κ3) is 4.72. The highest BCUT2D eigenvalue weighted by atomic mass is 35.5. The monoisotopic (exact) mass is 364 g/mol. The fourth-order valence-corrected chi connectivity index (χ4v) is 3.27. The van der Waals surface area contributed by atoms with Gasteiger partial charge in [-0.1, -0.05) is 23.7 Å². The topological polar surface area (TPSA) is 86.7 Å². The van der Waals surface area contributed by atoms with Crippen LogP contribution in [0.3, 0.4) is 0 Å². The molecule has 0 spiro atoms. The number of hydrogen-bond acceptors (Lipinski definition) is 3. The molecule has 1 aliphatic carbocycles. The lowest BCUT2D eigenvalue weighted by molar-refractivity contribution is -0.138. The SMILES string of the molecule is O=C(O)C[C@H](NC(=O)[C@H]1CC(=O)N(CC2CC2)C1)c1ccc(Cl)cc1. The van der Waals surface area contributed by atoms with Crippen LogP contribution in [0.4, 0.5) is 0 Å². The zero-order valence-corrected chi connectivity index (χ0v) is 14.5. The molecule has 6 nitrogen and oxygen atoms in total. The van der Waals surface area contributed by atoms with Crippen molar-refractivity contribution in [3.05, 3.63) is 34.9 Å². The molecule has 2 amide bonds.